The first-order valence-corrected chi connectivity index (χ1v) is 7.33. The first-order valence-electron chi connectivity index (χ1n) is 7.33. The van der Waals surface area contributed by atoms with Crippen LogP contribution in [-0.2, 0) is 20.8 Å². The zero-order valence-corrected chi connectivity index (χ0v) is 12.4. The molecule has 1 heterocycles. The summed E-state index contributed by atoms with van der Waals surface area (Å²) in [5.41, 5.74) is 0.783. The van der Waals surface area contributed by atoms with Crippen LogP contribution in [0.25, 0.3) is 0 Å². The fourth-order valence-electron chi connectivity index (χ4n) is 2.34. The van der Waals surface area contributed by atoms with Crippen molar-refractivity contribution < 1.29 is 18.7 Å². The van der Waals surface area contributed by atoms with Crippen molar-refractivity contribution in [2.24, 2.45) is 0 Å². The topological polar surface area (TPSA) is 38.8 Å². The third kappa shape index (κ3) is 5.44. The van der Waals surface area contributed by atoms with Crippen LogP contribution < -0.4 is 0 Å². The molecular weight excluding hydrogens is 273 g/mol. The summed E-state index contributed by atoms with van der Waals surface area (Å²) in [6.07, 6.45) is 2.64. The van der Waals surface area contributed by atoms with Gasteiger partial charge in [0.15, 0.2) is 0 Å². The molecule has 1 amide bonds. The lowest BCUT2D eigenvalue weighted by molar-refractivity contribution is -0.131. The van der Waals surface area contributed by atoms with Gasteiger partial charge in [0.2, 0.25) is 5.91 Å². The van der Waals surface area contributed by atoms with Gasteiger partial charge in [-0.05, 0) is 30.5 Å². The minimum atomic E-state index is -0.284. The van der Waals surface area contributed by atoms with Crippen molar-refractivity contribution in [1.29, 1.82) is 0 Å². The molecule has 1 unspecified atom stereocenters. The van der Waals surface area contributed by atoms with Crippen molar-refractivity contribution in [2.45, 2.75) is 31.9 Å². The standard InChI is InChI=1S/C16H22FNO3/c1-18(11-13-4-2-5-14(17)10-13)16(19)7-9-20-12-15-6-3-8-21-15/h2,4-5,10,15H,3,6-9,11-12H2,1H3. The molecule has 0 spiro atoms. The highest BCUT2D eigenvalue weighted by Gasteiger charge is 2.16. The fraction of sp³-hybridized carbons (Fsp3) is 0.562. The van der Waals surface area contributed by atoms with E-state index in [0.29, 0.717) is 26.2 Å². The molecule has 0 bridgehead atoms. The Labute approximate surface area is 124 Å². The Morgan fingerprint density at radius 1 is 1.52 bits per heavy atom. The summed E-state index contributed by atoms with van der Waals surface area (Å²) >= 11 is 0. The van der Waals surface area contributed by atoms with Crippen LogP contribution in [0.1, 0.15) is 24.8 Å². The van der Waals surface area contributed by atoms with E-state index in [2.05, 4.69) is 0 Å². The zero-order valence-electron chi connectivity index (χ0n) is 12.4. The van der Waals surface area contributed by atoms with Crippen molar-refractivity contribution in [3.8, 4) is 0 Å². The predicted octanol–water partition coefficient (Wildman–Crippen LogP) is 2.37. The van der Waals surface area contributed by atoms with Crippen molar-refractivity contribution in [3.05, 3.63) is 35.6 Å². The highest BCUT2D eigenvalue weighted by molar-refractivity contribution is 5.75. The number of nitrogens with zero attached hydrogens (tertiary/aromatic N) is 1. The van der Waals surface area contributed by atoms with Crippen LogP contribution in [0.5, 0.6) is 0 Å². The molecule has 1 aromatic rings. The molecule has 1 aromatic carbocycles. The molecule has 2 rings (SSSR count). The average Bonchev–Trinajstić information content (AvgIpc) is 2.96. The summed E-state index contributed by atoms with van der Waals surface area (Å²) in [5.74, 6) is -0.292. The molecule has 0 aliphatic carbocycles. The number of rotatable bonds is 7. The summed E-state index contributed by atoms with van der Waals surface area (Å²) in [4.78, 5) is 13.5. The van der Waals surface area contributed by atoms with Gasteiger partial charge in [-0.15, -0.1) is 0 Å². The van der Waals surface area contributed by atoms with Crippen LogP contribution in [0.15, 0.2) is 24.3 Å². The first-order chi connectivity index (χ1) is 10.1. The average molecular weight is 295 g/mol. The Bertz CT molecular complexity index is 461. The molecule has 0 N–H and O–H groups in total. The minimum Gasteiger partial charge on any atom is -0.378 e. The molecule has 21 heavy (non-hydrogen) atoms. The maximum Gasteiger partial charge on any atom is 0.224 e. The number of ether oxygens (including phenoxy) is 2. The largest absolute Gasteiger partial charge is 0.378 e. The maximum absolute atomic E-state index is 13.1. The third-order valence-electron chi connectivity index (χ3n) is 3.52. The lowest BCUT2D eigenvalue weighted by Gasteiger charge is -2.17. The molecule has 4 nitrogen and oxygen atoms in total. The smallest absolute Gasteiger partial charge is 0.224 e. The highest BCUT2D eigenvalue weighted by Crippen LogP contribution is 2.12. The molecule has 116 valence electrons. The van der Waals surface area contributed by atoms with E-state index in [1.54, 1.807) is 24.1 Å². The van der Waals surface area contributed by atoms with E-state index < -0.39 is 0 Å². The SMILES string of the molecule is CN(Cc1cccc(F)c1)C(=O)CCOCC1CCCO1. The molecule has 1 aliphatic rings. The minimum absolute atomic E-state index is 0.00778. The van der Waals surface area contributed by atoms with Gasteiger partial charge < -0.3 is 14.4 Å². The van der Waals surface area contributed by atoms with E-state index >= 15 is 0 Å². The fourth-order valence-corrected chi connectivity index (χ4v) is 2.34. The van der Waals surface area contributed by atoms with Gasteiger partial charge >= 0.3 is 0 Å². The van der Waals surface area contributed by atoms with E-state index in [0.717, 1.165) is 25.0 Å². The monoisotopic (exact) mass is 295 g/mol. The Balaban J connectivity index is 1.65. The molecule has 0 aromatic heterocycles. The molecule has 1 atom stereocenters. The van der Waals surface area contributed by atoms with Crippen molar-refractivity contribution in [3.63, 3.8) is 0 Å². The van der Waals surface area contributed by atoms with Crippen LogP contribution in [0, 0.1) is 5.82 Å². The van der Waals surface area contributed by atoms with E-state index in [1.807, 2.05) is 0 Å². The molecule has 0 saturated carbocycles. The number of hydrogen-bond acceptors (Lipinski definition) is 3. The number of amides is 1. The second-order valence-electron chi connectivity index (χ2n) is 5.34. The highest BCUT2D eigenvalue weighted by atomic mass is 19.1. The summed E-state index contributed by atoms with van der Waals surface area (Å²) in [5, 5.41) is 0. The van der Waals surface area contributed by atoms with E-state index in [9.17, 15) is 9.18 Å². The number of benzene rings is 1. The van der Waals surface area contributed by atoms with Crippen molar-refractivity contribution in [1.82, 2.24) is 4.90 Å². The normalized spacial score (nSPS) is 17.9. The Kier molecular flexibility index (Phi) is 6.14. The Morgan fingerprint density at radius 3 is 3.10 bits per heavy atom. The van der Waals surface area contributed by atoms with Gasteiger partial charge in [0, 0.05) is 20.2 Å². The molecule has 5 heteroatoms. The van der Waals surface area contributed by atoms with Gasteiger partial charge in [0.1, 0.15) is 5.82 Å². The summed E-state index contributed by atoms with van der Waals surface area (Å²) in [6.45, 7) is 2.17. The van der Waals surface area contributed by atoms with Gasteiger partial charge in [-0.25, -0.2) is 4.39 Å². The van der Waals surface area contributed by atoms with Gasteiger partial charge in [0.25, 0.3) is 0 Å². The van der Waals surface area contributed by atoms with E-state index in [1.165, 1.54) is 12.1 Å². The van der Waals surface area contributed by atoms with E-state index in [-0.39, 0.29) is 17.8 Å². The summed E-state index contributed by atoms with van der Waals surface area (Å²) in [6, 6.07) is 6.29. The van der Waals surface area contributed by atoms with Crippen LogP contribution in [0.4, 0.5) is 4.39 Å². The second-order valence-corrected chi connectivity index (χ2v) is 5.34. The van der Waals surface area contributed by atoms with Crippen LogP contribution in [-0.4, -0.2) is 43.8 Å². The number of carbonyl (C=O) groups excluding carboxylic acids is 1. The number of hydrogen-bond donors (Lipinski definition) is 0. The Morgan fingerprint density at radius 2 is 2.38 bits per heavy atom. The van der Waals surface area contributed by atoms with Gasteiger partial charge in [-0.2, -0.15) is 0 Å². The summed E-state index contributed by atoms with van der Waals surface area (Å²) < 4.78 is 24.0. The van der Waals surface area contributed by atoms with Crippen molar-refractivity contribution in [2.75, 3.05) is 26.9 Å². The molecular formula is C16H22FNO3. The Hall–Kier alpha value is -1.46. The molecule has 1 aliphatic heterocycles. The molecule has 1 saturated heterocycles. The van der Waals surface area contributed by atoms with Gasteiger partial charge in [0.05, 0.1) is 25.7 Å². The van der Waals surface area contributed by atoms with Crippen LogP contribution in [0.2, 0.25) is 0 Å². The maximum atomic E-state index is 13.1. The summed E-state index contributed by atoms with van der Waals surface area (Å²) in [7, 11) is 1.72. The van der Waals surface area contributed by atoms with Gasteiger partial charge in [-0.1, -0.05) is 12.1 Å². The van der Waals surface area contributed by atoms with E-state index in [4.69, 9.17) is 9.47 Å². The van der Waals surface area contributed by atoms with Gasteiger partial charge in [-0.3, -0.25) is 4.79 Å². The van der Waals surface area contributed by atoms with Crippen LogP contribution in [0.3, 0.4) is 0 Å². The zero-order chi connectivity index (χ0) is 15.1. The molecule has 1 fully saturated rings. The number of halogens is 1. The number of carbonyl (C=O) groups is 1. The van der Waals surface area contributed by atoms with Crippen molar-refractivity contribution >= 4 is 5.91 Å². The first kappa shape index (κ1) is 15.9. The van der Waals surface area contributed by atoms with Crippen LogP contribution >= 0.6 is 0 Å². The lowest BCUT2D eigenvalue weighted by atomic mass is 10.2. The third-order valence-corrected chi connectivity index (χ3v) is 3.52. The molecule has 0 radical (unpaired) electrons. The predicted molar refractivity (Wildman–Crippen MR) is 77.3 cm³/mol. The second kappa shape index (κ2) is 8.10. The lowest BCUT2D eigenvalue weighted by Crippen LogP contribution is -2.27. The quantitative estimate of drug-likeness (QED) is 0.725.